The van der Waals surface area contributed by atoms with Gasteiger partial charge in [0.15, 0.2) is 0 Å². The van der Waals surface area contributed by atoms with E-state index >= 15 is 0 Å². The first kappa shape index (κ1) is 26.0. The van der Waals surface area contributed by atoms with Crippen molar-refractivity contribution >= 4 is 32.3 Å². The zero-order chi connectivity index (χ0) is 29.9. The lowest BCUT2D eigenvalue weighted by Gasteiger charge is -2.21. The number of fused-ring (bicyclic) bond motifs is 6. The lowest BCUT2D eigenvalue weighted by atomic mass is 9.82. The second-order valence-corrected chi connectivity index (χ2v) is 12.3. The fraction of sp³-hybridized carbons (Fsp3) is 0.0667. The summed E-state index contributed by atoms with van der Waals surface area (Å²) in [5.74, 6) is 0.395. The summed E-state index contributed by atoms with van der Waals surface area (Å²) in [7, 11) is 0. The average Bonchev–Trinajstić information content (AvgIpc) is 3.44. The smallest absolute Gasteiger partial charge is 0.0105 e. The van der Waals surface area contributed by atoms with Crippen LogP contribution in [-0.2, 0) is 0 Å². The Kier molecular flexibility index (Phi) is 5.96. The van der Waals surface area contributed by atoms with Gasteiger partial charge in [0.25, 0.3) is 0 Å². The first-order chi connectivity index (χ1) is 22.3. The van der Waals surface area contributed by atoms with Gasteiger partial charge in [0.1, 0.15) is 0 Å². The minimum atomic E-state index is 0.395. The molecular weight excluding hydrogens is 540 g/mol. The SMILES string of the molecule is CCC1c2ccccc2-c2cccc(-c3c4ccccc4c(-c4ccc(-c5cccc6ccccc56)cc4)c4ccccc34)c21. The Balaban J connectivity index is 1.28. The van der Waals surface area contributed by atoms with E-state index in [4.69, 9.17) is 0 Å². The number of hydrogen-bond acceptors (Lipinski definition) is 0. The van der Waals surface area contributed by atoms with Crippen LogP contribution in [0.4, 0.5) is 0 Å². The highest BCUT2D eigenvalue weighted by Crippen LogP contribution is 2.53. The highest BCUT2D eigenvalue weighted by atomic mass is 14.3. The number of hydrogen-bond donors (Lipinski definition) is 0. The van der Waals surface area contributed by atoms with E-state index in [9.17, 15) is 0 Å². The fourth-order valence-electron chi connectivity index (χ4n) is 8.04. The minimum Gasteiger partial charge on any atom is -0.0645 e. The minimum absolute atomic E-state index is 0.395. The van der Waals surface area contributed by atoms with Crippen molar-refractivity contribution in [2.24, 2.45) is 0 Å². The molecule has 8 aromatic rings. The average molecular weight is 573 g/mol. The predicted octanol–water partition coefficient (Wildman–Crippen LogP) is 12.7. The van der Waals surface area contributed by atoms with Gasteiger partial charge >= 0.3 is 0 Å². The third kappa shape index (κ3) is 3.92. The second kappa shape index (κ2) is 10.3. The molecule has 0 heterocycles. The van der Waals surface area contributed by atoms with Gasteiger partial charge in [0.05, 0.1) is 0 Å². The highest BCUT2D eigenvalue weighted by Gasteiger charge is 2.31. The maximum Gasteiger partial charge on any atom is 0.0105 e. The molecule has 0 saturated carbocycles. The van der Waals surface area contributed by atoms with E-state index in [-0.39, 0.29) is 0 Å². The first-order valence-electron chi connectivity index (χ1n) is 16.1. The summed E-state index contributed by atoms with van der Waals surface area (Å²) in [4.78, 5) is 0. The molecule has 0 nitrogen and oxygen atoms in total. The Morgan fingerprint density at radius 3 is 1.58 bits per heavy atom. The maximum absolute atomic E-state index is 2.36. The van der Waals surface area contributed by atoms with E-state index in [1.807, 2.05) is 0 Å². The van der Waals surface area contributed by atoms with Gasteiger partial charge in [-0.15, -0.1) is 0 Å². The molecule has 1 atom stereocenters. The molecule has 0 saturated heterocycles. The summed E-state index contributed by atoms with van der Waals surface area (Å²) in [6.45, 7) is 2.33. The van der Waals surface area contributed by atoms with E-state index in [0.29, 0.717) is 5.92 Å². The molecule has 1 aliphatic carbocycles. The fourth-order valence-corrected chi connectivity index (χ4v) is 8.04. The van der Waals surface area contributed by atoms with Crippen molar-refractivity contribution in [1.29, 1.82) is 0 Å². The molecule has 0 aliphatic heterocycles. The van der Waals surface area contributed by atoms with Crippen molar-refractivity contribution in [1.82, 2.24) is 0 Å². The third-order valence-electron chi connectivity index (χ3n) is 9.96. The largest absolute Gasteiger partial charge is 0.0645 e. The lowest BCUT2D eigenvalue weighted by Crippen LogP contribution is -1.99. The summed E-state index contributed by atoms with van der Waals surface area (Å²) < 4.78 is 0. The standard InChI is InChI=1S/C45H32/c1-2-32-35-16-5-6-17-36(35)37-23-12-24-42(44(32)37)45-40-20-9-7-18-38(40)43(39-19-8-10-21-41(39)45)31-27-25-30(26-28-31)34-22-11-14-29-13-3-4-15-33(29)34/h3-28,32H,2H2,1H3. The number of benzene rings is 8. The van der Waals surface area contributed by atoms with Gasteiger partial charge in [-0.2, -0.15) is 0 Å². The van der Waals surface area contributed by atoms with Gasteiger partial charge in [-0.3, -0.25) is 0 Å². The normalized spacial score (nSPS) is 13.8. The van der Waals surface area contributed by atoms with E-state index in [1.54, 1.807) is 0 Å². The topological polar surface area (TPSA) is 0 Å². The molecule has 8 aromatic carbocycles. The van der Waals surface area contributed by atoms with E-state index in [0.717, 1.165) is 6.42 Å². The molecule has 0 fully saturated rings. The Bertz CT molecular complexity index is 2350. The predicted molar refractivity (Wildman–Crippen MR) is 193 cm³/mol. The van der Waals surface area contributed by atoms with Crippen LogP contribution in [0.25, 0.3) is 76.8 Å². The van der Waals surface area contributed by atoms with Gasteiger partial charge in [-0.25, -0.2) is 0 Å². The molecule has 0 heteroatoms. The van der Waals surface area contributed by atoms with Gasteiger partial charge in [-0.1, -0.05) is 165 Å². The Morgan fingerprint density at radius 2 is 0.867 bits per heavy atom. The van der Waals surface area contributed by atoms with E-state index in [2.05, 4.69) is 165 Å². The molecule has 9 rings (SSSR count). The van der Waals surface area contributed by atoms with Crippen molar-refractivity contribution in [3.05, 3.63) is 169 Å². The van der Waals surface area contributed by atoms with Crippen LogP contribution >= 0.6 is 0 Å². The molecule has 0 spiro atoms. The van der Waals surface area contributed by atoms with Crippen molar-refractivity contribution in [3.8, 4) is 44.5 Å². The molecule has 0 amide bonds. The molecule has 1 unspecified atom stereocenters. The maximum atomic E-state index is 2.36. The summed E-state index contributed by atoms with van der Waals surface area (Å²) in [5.41, 5.74) is 13.5. The van der Waals surface area contributed by atoms with Crippen LogP contribution in [0.5, 0.6) is 0 Å². The molecule has 1 aliphatic rings. The van der Waals surface area contributed by atoms with Crippen LogP contribution in [0.2, 0.25) is 0 Å². The van der Waals surface area contributed by atoms with Crippen LogP contribution in [-0.4, -0.2) is 0 Å². The Labute approximate surface area is 264 Å². The molecule has 0 N–H and O–H groups in total. The van der Waals surface area contributed by atoms with Gasteiger partial charge < -0.3 is 0 Å². The highest BCUT2D eigenvalue weighted by molar-refractivity contribution is 6.22. The molecular formula is C45H32. The summed E-state index contributed by atoms with van der Waals surface area (Å²) in [6, 6.07) is 58.4. The number of rotatable bonds is 4. The monoisotopic (exact) mass is 572 g/mol. The third-order valence-corrected chi connectivity index (χ3v) is 9.96. The summed E-state index contributed by atoms with van der Waals surface area (Å²) in [6.07, 6.45) is 1.08. The Morgan fingerprint density at radius 1 is 0.378 bits per heavy atom. The molecule has 45 heavy (non-hydrogen) atoms. The van der Waals surface area contributed by atoms with E-state index < -0.39 is 0 Å². The molecule has 0 aromatic heterocycles. The molecule has 0 bridgehead atoms. The van der Waals surface area contributed by atoms with Crippen molar-refractivity contribution in [2.45, 2.75) is 19.3 Å². The van der Waals surface area contributed by atoms with Crippen molar-refractivity contribution in [3.63, 3.8) is 0 Å². The van der Waals surface area contributed by atoms with Crippen molar-refractivity contribution in [2.75, 3.05) is 0 Å². The van der Waals surface area contributed by atoms with Crippen LogP contribution in [0, 0.1) is 0 Å². The van der Waals surface area contributed by atoms with Crippen LogP contribution in [0.15, 0.2) is 158 Å². The quantitative estimate of drug-likeness (QED) is 0.184. The zero-order valence-corrected chi connectivity index (χ0v) is 25.3. The van der Waals surface area contributed by atoms with E-state index in [1.165, 1.54) is 88.0 Å². The second-order valence-electron chi connectivity index (χ2n) is 12.3. The van der Waals surface area contributed by atoms with Crippen LogP contribution in [0.3, 0.4) is 0 Å². The van der Waals surface area contributed by atoms with Gasteiger partial charge in [0.2, 0.25) is 0 Å². The lowest BCUT2D eigenvalue weighted by molar-refractivity contribution is 0.799. The summed E-state index contributed by atoms with van der Waals surface area (Å²) >= 11 is 0. The van der Waals surface area contributed by atoms with Gasteiger partial charge in [0, 0.05) is 5.92 Å². The molecule has 0 radical (unpaired) electrons. The van der Waals surface area contributed by atoms with Gasteiger partial charge in [-0.05, 0) is 94.4 Å². The summed E-state index contributed by atoms with van der Waals surface area (Å²) in [5, 5.41) is 7.77. The first-order valence-corrected chi connectivity index (χ1v) is 16.1. The zero-order valence-electron chi connectivity index (χ0n) is 25.3. The van der Waals surface area contributed by atoms with Crippen LogP contribution in [0.1, 0.15) is 30.4 Å². The van der Waals surface area contributed by atoms with Crippen LogP contribution < -0.4 is 0 Å². The molecule has 212 valence electrons. The van der Waals surface area contributed by atoms with Crippen molar-refractivity contribution < 1.29 is 0 Å². The Hall–Kier alpha value is -5.46.